The second kappa shape index (κ2) is 7.13. The van der Waals surface area contributed by atoms with Crippen molar-refractivity contribution in [3.63, 3.8) is 0 Å². The lowest BCUT2D eigenvalue weighted by atomic mass is 10.0. The smallest absolute Gasteiger partial charge is 0.224 e. The Morgan fingerprint density at radius 1 is 0.800 bits per heavy atom. The molecule has 0 heterocycles. The number of hydrogen-bond donors (Lipinski definition) is 1. The van der Waals surface area contributed by atoms with E-state index >= 15 is 0 Å². The van der Waals surface area contributed by atoms with E-state index in [0.29, 0.717) is 5.69 Å². The topological polar surface area (TPSA) is 49.4 Å². The minimum absolute atomic E-state index is 0.0203. The van der Waals surface area contributed by atoms with Crippen molar-refractivity contribution in [3.8, 4) is 0 Å². The number of benzene rings is 2. The molecule has 2 aromatic carbocycles. The fourth-order valence-corrected chi connectivity index (χ4v) is 3.02. The van der Waals surface area contributed by atoms with Crippen LogP contribution in [0.5, 0.6) is 0 Å². The lowest BCUT2D eigenvalue weighted by Gasteiger charge is -2.26. The number of anilines is 2. The molecule has 0 aliphatic heterocycles. The Bertz CT molecular complexity index is 890. The van der Waals surface area contributed by atoms with E-state index in [0.717, 1.165) is 5.69 Å². The number of Topliss-reactive ketones (excluding diaryl/α,β-unsaturated/α-hetero) is 2. The molecule has 0 saturated heterocycles. The first-order valence-electron chi connectivity index (χ1n) is 7.50. The normalized spacial score (nSPS) is 14.8. The van der Waals surface area contributed by atoms with Crippen LogP contribution in [-0.4, -0.2) is 18.6 Å². The Kier molecular flexibility index (Phi) is 4.93. The number of halogens is 2. The summed E-state index contributed by atoms with van der Waals surface area (Å²) < 4.78 is 0. The standard InChI is InChI=1S/C19H14Cl2N2O2/c1-23(13-10-6-3-7-11-13)17-15(21)18(24)16(14(20)19(17)25)22-12-8-4-2-5-9-12/h2-11,22H,1H3. The summed E-state index contributed by atoms with van der Waals surface area (Å²) in [6.07, 6.45) is 0. The molecule has 6 heteroatoms. The molecule has 0 aromatic heterocycles. The molecule has 4 nitrogen and oxygen atoms in total. The third-order valence-corrected chi connectivity index (χ3v) is 4.50. The van der Waals surface area contributed by atoms with Crippen molar-refractivity contribution >= 4 is 46.1 Å². The Morgan fingerprint density at radius 3 is 1.96 bits per heavy atom. The number of hydrogen-bond acceptors (Lipinski definition) is 4. The fourth-order valence-electron chi connectivity index (χ4n) is 2.49. The van der Waals surface area contributed by atoms with Gasteiger partial charge in [-0.25, -0.2) is 0 Å². The first-order chi connectivity index (χ1) is 12.0. The van der Waals surface area contributed by atoms with Gasteiger partial charge in [-0.15, -0.1) is 0 Å². The maximum Gasteiger partial charge on any atom is 0.224 e. The van der Waals surface area contributed by atoms with Gasteiger partial charge in [0.25, 0.3) is 0 Å². The number of likely N-dealkylation sites (N-methyl/N-ethyl adjacent to an activating group) is 1. The summed E-state index contributed by atoms with van der Waals surface area (Å²) in [6, 6.07) is 18.1. The maximum absolute atomic E-state index is 12.7. The van der Waals surface area contributed by atoms with Gasteiger partial charge in [0, 0.05) is 18.4 Å². The molecule has 0 fully saturated rings. The maximum atomic E-state index is 12.7. The van der Waals surface area contributed by atoms with Crippen molar-refractivity contribution in [2.45, 2.75) is 0 Å². The zero-order valence-corrected chi connectivity index (χ0v) is 14.8. The molecule has 126 valence electrons. The Labute approximate surface area is 155 Å². The van der Waals surface area contributed by atoms with Crippen LogP contribution in [0.1, 0.15) is 0 Å². The van der Waals surface area contributed by atoms with E-state index in [9.17, 15) is 9.59 Å². The number of allylic oxidation sites excluding steroid dienone is 2. The van der Waals surface area contributed by atoms with Crippen LogP contribution in [0.3, 0.4) is 0 Å². The largest absolute Gasteiger partial charge is 0.351 e. The Hall–Kier alpha value is -2.56. The van der Waals surface area contributed by atoms with Crippen molar-refractivity contribution in [1.29, 1.82) is 0 Å². The molecule has 0 amide bonds. The molecule has 1 aliphatic carbocycles. The first-order valence-corrected chi connectivity index (χ1v) is 8.26. The molecular weight excluding hydrogens is 359 g/mol. The second-order valence-electron chi connectivity index (χ2n) is 5.40. The molecule has 0 spiro atoms. The SMILES string of the molecule is CN(C1=C(Cl)C(=O)C(Nc2ccccc2)=C(Cl)C1=O)c1ccccc1. The Balaban J connectivity index is 1.97. The number of carbonyl (C=O) groups is 2. The van der Waals surface area contributed by atoms with Gasteiger partial charge in [-0.1, -0.05) is 59.6 Å². The van der Waals surface area contributed by atoms with Gasteiger partial charge in [-0.3, -0.25) is 9.59 Å². The van der Waals surface area contributed by atoms with Crippen molar-refractivity contribution in [3.05, 3.63) is 82.1 Å². The van der Waals surface area contributed by atoms with Gasteiger partial charge < -0.3 is 10.2 Å². The molecule has 3 rings (SSSR count). The molecule has 1 aliphatic rings. The van der Waals surface area contributed by atoms with Gasteiger partial charge >= 0.3 is 0 Å². The molecule has 0 bridgehead atoms. The number of nitrogens with zero attached hydrogens (tertiary/aromatic N) is 1. The number of carbonyl (C=O) groups excluding carboxylic acids is 2. The number of para-hydroxylation sites is 2. The van der Waals surface area contributed by atoms with Crippen LogP contribution < -0.4 is 10.2 Å². The van der Waals surface area contributed by atoms with E-state index in [4.69, 9.17) is 23.2 Å². The molecule has 0 saturated carbocycles. The van der Waals surface area contributed by atoms with Crippen LogP contribution in [0.15, 0.2) is 82.1 Å². The van der Waals surface area contributed by atoms with Crippen LogP contribution in [0.2, 0.25) is 0 Å². The van der Waals surface area contributed by atoms with E-state index in [1.807, 2.05) is 36.4 Å². The highest BCUT2D eigenvalue weighted by molar-refractivity contribution is 6.56. The van der Waals surface area contributed by atoms with Gasteiger partial charge in [0.15, 0.2) is 0 Å². The summed E-state index contributed by atoms with van der Waals surface area (Å²) in [5.41, 5.74) is 1.40. The van der Waals surface area contributed by atoms with Gasteiger partial charge in [0.2, 0.25) is 11.6 Å². The average molecular weight is 373 g/mol. The third kappa shape index (κ3) is 3.31. The molecule has 2 aromatic rings. The molecular formula is C19H14Cl2N2O2. The second-order valence-corrected chi connectivity index (χ2v) is 6.15. The van der Waals surface area contributed by atoms with Gasteiger partial charge in [0.05, 0.1) is 0 Å². The van der Waals surface area contributed by atoms with Crippen LogP contribution >= 0.6 is 23.2 Å². The fraction of sp³-hybridized carbons (Fsp3) is 0.0526. The molecule has 25 heavy (non-hydrogen) atoms. The minimum atomic E-state index is -0.520. The van der Waals surface area contributed by atoms with Crippen LogP contribution in [0.4, 0.5) is 11.4 Å². The minimum Gasteiger partial charge on any atom is -0.351 e. The number of ketones is 2. The molecule has 0 atom stereocenters. The van der Waals surface area contributed by atoms with Gasteiger partial charge in [-0.2, -0.15) is 0 Å². The predicted octanol–water partition coefficient (Wildman–Crippen LogP) is 4.29. The summed E-state index contributed by atoms with van der Waals surface area (Å²) >= 11 is 12.4. The summed E-state index contributed by atoms with van der Waals surface area (Å²) in [5.74, 6) is -1.02. The zero-order chi connectivity index (χ0) is 18.0. The monoisotopic (exact) mass is 372 g/mol. The number of rotatable bonds is 4. The highest BCUT2D eigenvalue weighted by atomic mass is 35.5. The van der Waals surface area contributed by atoms with Crippen molar-refractivity contribution in [1.82, 2.24) is 0 Å². The van der Waals surface area contributed by atoms with Crippen molar-refractivity contribution in [2.24, 2.45) is 0 Å². The van der Waals surface area contributed by atoms with E-state index in [1.165, 1.54) is 0 Å². The molecule has 0 unspecified atom stereocenters. The van der Waals surface area contributed by atoms with E-state index in [-0.39, 0.29) is 21.5 Å². The summed E-state index contributed by atoms with van der Waals surface area (Å²) in [7, 11) is 1.66. The third-order valence-electron chi connectivity index (χ3n) is 3.79. The zero-order valence-electron chi connectivity index (χ0n) is 13.3. The molecule has 0 radical (unpaired) electrons. The summed E-state index contributed by atoms with van der Waals surface area (Å²) in [6.45, 7) is 0. The highest BCUT2D eigenvalue weighted by Crippen LogP contribution is 2.33. The quantitative estimate of drug-likeness (QED) is 0.813. The van der Waals surface area contributed by atoms with E-state index in [1.54, 1.807) is 36.2 Å². The van der Waals surface area contributed by atoms with Crippen LogP contribution in [0.25, 0.3) is 0 Å². The highest BCUT2D eigenvalue weighted by Gasteiger charge is 2.35. The summed E-state index contributed by atoms with van der Waals surface area (Å²) in [5, 5.41) is 2.53. The van der Waals surface area contributed by atoms with Crippen LogP contribution in [-0.2, 0) is 9.59 Å². The lowest BCUT2D eigenvalue weighted by molar-refractivity contribution is -0.115. The average Bonchev–Trinajstić information content (AvgIpc) is 2.65. The van der Waals surface area contributed by atoms with Crippen molar-refractivity contribution < 1.29 is 9.59 Å². The van der Waals surface area contributed by atoms with E-state index < -0.39 is 11.6 Å². The van der Waals surface area contributed by atoms with Crippen molar-refractivity contribution in [2.75, 3.05) is 17.3 Å². The first kappa shape index (κ1) is 17.3. The van der Waals surface area contributed by atoms with Crippen LogP contribution in [0, 0.1) is 0 Å². The molecule has 1 N–H and O–H groups in total. The summed E-state index contributed by atoms with van der Waals surface area (Å²) in [4.78, 5) is 26.9. The predicted molar refractivity (Wildman–Crippen MR) is 101 cm³/mol. The lowest BCUT2D eigenvalue weighted by Crippen LogP contribution is -2.32. The van der Waals surface area contributed by atoms with Gasteiger partial charge in [-0.05, 0) is 24.3 Å². The van der Waals surface area contributed by atoms with E-state index in [2.05, 4.69) is 5.32 Å². The number of nitrogens with one attached hydrogen (secondary N) is 1. The van der Waals surface area contributed by atoms with Gasteiger partial charge in [0.1, 0.15) is 21.5 Å². The Morgan fingerprint density at radius 2 is 1.36 bits per heavy atom.